The Kier molecular flexibility index (Phi) is 3.56. The normalized spacial score (nSPS) is 35.0. The summed E-state index contributed by atoms with van der Waals surface area (Å²) in [6, 6.07) is 8.55. The summed E-state index contributed by atoms with van der Waals surface area (Å²) in [7, 11) is 0. The number of hydrogen-bond donors (Lipinski definition) is 2. The van der Waals surface area contributed by atoms with Crippen LogP contribution in [-0.4, -0.2) is 11.1 Å². The maximum absolute atomic E-state index is 10.2. The first-order valence-corrected chi connectivity index (χ1v) is 8.42. The molecule has 4 atom stereocenters. The summed E-state index contributed by atoms with van der Waals surface area (Å²) in [5.41, 5.74) is 1.82. The molecule has 2 saturated carbocycles. The third kappa shape index (κ3) is 2.28. The number of benzene rings is 1. The molecule has 2 N–H and O–H groups in total. The molecule has 21 heavy (non-hydrogen) atoms. The Hall–Kier alpha value is -1.02. The van der Waals surface area contributed by atoms with Gasteiger partial charge in [0.15, 0.2) is 0 Å². The molecule has 0 amide bonds. The Morgan fingerprint density at radius 1 is 1.29 bits per heavy atom. The molecule has 0 heterocycles. The molecule has 0 aromatic heterocycles. The van der Waals surface area contributed by atoms with Gasteiger partial charge < -0.3 is 10.4 Å². The number of phenols is 1. The van der Waals surface area contributed by atoms with Gasteiger partial charge in [0.1, 0.15) is 5.75 Å². The highest BCUT2D eigenvalue weighted by Gasteiger charge is 2.59. The lowest BCUT2D eigenvalue weighted by atomic mass is 9.68. The molecule has 116 valence electrons. The van der Waals surface area contributed by atoms with Crippen LogP contribution in [0.1, 0.15) is 65.0 Å². The first-order valence-electron chi connectivity index (χ1n) is 8.42. The average Bonchev–Trinajstić information content (AvgIpc) is 2.91. The van der Waals surface area contributed by atoms with Crippen molar-refractivity contribution in [1.82, 2.24) is 5.32 Å². The molecule has 0 aliphatic heterocycles. The van der Waals surface area contributed by atoms with Crippen LogP contribution in [0.3, 0.4) is 0 Å². The minimum Gasteiger partial charge on any atom is -0.508 e. The fourth-order valence-electron chi connectivity index (χ4n) is 5.13. The van der Waals surface area contributed by atoms with E-state index in [0.29, 0.717) is 22.6 Å². The van der Waals surface area contributed by atoms with Crippen LogP contribution in [0.15, 0.2) is 24.3 Å². The Labute approximate surface area is 129 Å². The summed E-state index contributed by atoms with van der Waals surface area (Å²) < 4.78 is 0. The topological polar surface area (TPSA) is 32.3 Å². The van der Waals surface area contributed by atoms with Gasteiger partial charge >= 0.3 is 0 Å². The maximum atomic E-state index is 10.2. The van der Waals surface area contributed by atoms with Crippen molar-refractivity contribution in [1.29, 1.82) is 0 Å². The SMILES string of the molecule is CCC(NC1C2(C)CCC(C2)C1(C)C)c1ccccc1O. The number of aromatic hydroxyl groups is 1. The van der Waals surface area contributed by atoms with Crippen molar-refractivity contribution in [3.8, 4) is 5.75 Å². The second-order valence-corrected chi connectivity index (χ2v) is 8.03. The largest absolute Gasteiger partial charge is 0.508 e. The van der Waals surface area contributed by atoms with Crippen LogP contribution in [0.25, 0.3) is 0 Å². The Bertz CT molecular complexity index is 519. The molecule has 3 rings (SSSR count). The van der Waals surface area contributed by atoms with Crippen molar-refractivity contribution in [3.05, 3.63) is 29.8 Å². The first-order chi connectivity index (χ1) is 9.88. The van der Waals surface area contributed by atoms with Crippen LogP contribution in [0.4, 0.5) is 0 Å². The summed E-state index contributed by atoms with van der Waals surface area (Å²) in [6.45, 7) is 9.51. The lowest BCUT2D eigenvalue weighted by Gasteiger charge is -2.45. The number of rotatable bonds is 4. The lowest BCUT2D eigenvalue weighted by Crippen LogP contribution is -2.51. The lowest BCUT2D eigenvalue weighted by molar-refractivity contribution is 0.0972. The predicted molar refractivity (Wildman–Crippen MR) is 87.3 cm³/mol. The molecule has 0 spiro atoms. The van der Waals surface area contributed by atoms with Crippen LogP contribution in [0.2, 0.25) is 0 Å². The summed E-state index contributed by atoms with van der Waals surface area (Å²) in [5.74, 6) is 1.27. The summed E-state index contributed by atoms with van der Waals surface area (Å²) in [6.07, 6.45) is 5.09. The van der Waals surface area contributed by atoms with Gasteiger partial charge in [-0.25, -0.2) is 0 Å². The molecular weight excluding hydrogens is 258 g/mol. The van der Waals surface area contributed by atoms with Crippen molar-refractivity contribution < 1.29 is 5.11 Å². The van der Waals surface area contributed by atoms with E-state index < -0.39 is 0 Å². The van der Waals surface area contributed by atoms with Crippen LogP contribution >= 0.6 is 0 Å². The zero-order valence-corrected chi connectivity index (χ0v) is 13.8. The number of nitrogens with one attached hydrogen (secondary N) is 1. The standard InChI is InChI=1S/C19H29NO/c1-5-15(14-8-6-7-9-16(14)21)20-17-18(2,3)13-10-11-19(17,4)12-13/h6-9,13,15,17,20-21H,5,10-12H2,1-4H3. The van der Waals surface area contributed by atoms with Gasteiger partial charge in [-0.3, -0.25) is 0 Å². The van der Waals surface area contributed by atoms with E-state index in [1.54, 1.807) is 6.07 Å². The quantitative estimate of drug-likeness (QED) is 0.845. The van der Waals surface area contributed by atoms with Gasteiger partial charge in [0.05, 0.1) is 0 Å². The van der Waals surface area contributed by atoms with Crippen LogP contribution in [-0.2, 0) is 0 Å². The highest BCUT2D eigenvalue weighted by molar-refractivity contribution is 5.35. The molecule has 4 unspecified atom stereocenters. The van der Waals surface area contributed by atoms with E-state index in [9.17, 15) is 5.11 Å². The molecule has 2 bridgehead atoms. The van der Waals surface area contributed by atoms with Crippen LogP contribution in [0, 0.1) is 16.7 Å². The third-order valence-corrected chi connectivity index (χ3v) is 6.36. The van der Waals surface area contributed by atoms with Gasteiger partial charge in [0.2, 0.25) is 0 Å². The third-order valence-electron chi connectivity index (χ3n) is 6.36. The number of hydrogen-bond acceptors (Lipinski definition) is 2. The van der Waals surface area contributed by atoms with E-state index in [0.717, 1.165) is 17.9 Å². The van der Waals surface area contributed by atoms with Gasteiger partial charge in [-0.15, -0.1) is 0 Å². The molecule has 2 fully saturated rings. The minimum atomic E-state index is 0.242. The Balaban J connectivity index is 1.86. The van der Waals surface area contributed by atoms with Crippen molar-refractivity contribution in [3.63, 3.8) is 0 Å². The average molecular weight is 287 g/mol. The van der Waals surface area contributed by atoms with E-state index in [1.807, 2.05) is 12.1 Å². The first kappa shape index (κ1) is 14.9. The minimum absolute atomic E-state index is 0.242. The number of para-hydroxylation sites is 1. The van der Waals surface area contributed by atoms with Crippen molar-refractivity contribution in [2.75, 3.05) is 0 Å². The van der Waals surface area contributed by atoms with Crippen molar-refractivity contribution in [2.45, 2.75) is 65.5 Å². The predicted octanol–water partition coefficient (Wildman–Crippen LogP) is 4.65. The second-order valence-electron chi connectivity index (χ2n) is 8.03. The zero-order valence-electron chi connectivity index (χ0n) is 13.8. The summed E-state index contributed by atoms with van der Waals surface area (Å²) in [4.78, 5) is 0. The molecule has 0 radical (unpaired) electrons. The fourth-order valence-corrected chi connectivity index (χ4v) is 5.13. The molecule has 1 aromatic rings. The van der Waals surface area contributed by atoms with Gasteiger partial charge in [0.25, 0.3) is 0 Å². The van der Waals surface area contributed by atoms with E-state index >= 15 is 0 Å². The molecule has 2 aliphatic rings. The number of fused-ring (bicyclic) bond motifs is 2. The van der Waals surface area contributed by atoms with Gasteiger partial charge in [-0.2, -0.15) is 0 Å². The maximum Gasteiger partial charge on any atom is 0.120 e. The molecular formula is C19H29NO. The van der Waals surface area contributed by atoms with E-state index in [4.69, 9.17) is 0 Å². The van der Waals surface area contributed by atoms with E-state index in [-0.39, 0.29) is 6.04 Å². The van der Waals surface area contributed by atoms with E-state index in [1.165, 1.54) is 19.3 Å². The second kappa shape index (κ2) is 5.01. The highest BCUT2D eigenvalue weighted by Crippen LogP contribution is 2.62. The van der Waals surface area contributed by atoms with Crippen molar-refractivity contribution in [2.24, 2.45) is 16.7 Å². The van der Waals surface area contributed by atoms with Gasteiger partial charge in [-0.1, -0.05) is 45.9 Å². The van der Waals surface area contributed by atoms with E-state index in [2.05, 4.69) is 39.1 Å². The Morgan fingerprint density at radius 2 is 2.00 bits per heavy atom. The molecule has 2 nitrogen and oxygen atoms in total. The summed E-state index contributed by atoms with van der Waals surface area (Å²) in [5, 5.41) is 14.1. The van der Waals surface area contributed by atoms with Crippen LogP contribution in [0.5, 0.6) is 5.75 Å². The molecule has 1 aromatic carbocycles. The summed E-state index contributed by atoms with van der Waals surface area (Å²) >= 11 is 0. The monoisotopic (exact) mass is 287 g/mol. The number of phenolic OH excluding ortho intramolecular Hbond substituents is 1. The smallest absolute Gasteiger partial charge is 0.120 e. The zero-order chi connectivity index (χ0) is 15.3. The molecule has 2 heteroatoms. The van der Waals surface area contributed by atoms with Gasteiger partial charge in [0, 0.05) is 17.6 Å². The van der Waals surface area contributed by atoms with Gasteiger partial charge in [-0.05, 0) is 48.5 Å². The Morgan fingerprint density at radius 3 is 2.57 bits per heavy atom. The molecule has 2 aliphatic carbocycles. The molecule has 0 saturated heterocycles. The fraction of sp³-hybridized carbons (Fsp3) is 0.684. The van der Waals surface area contributed by atoms with Crippen molar-refractivity contribution >= 4 is 0 Å². The highest BCUT2D eigenvalue weighted by atomic mass is 16.3. The van der Waals surface area contributed by atoms with Crippen LogP contribution < -0.4 is 5.32 Å².